The van der Waals surface area contributed by atoms with Gasteiger partial charge < -0.3 is 5.11 Å². The van der Waals surface area contributed by atoms with Gasteiger partial charge in [-0.2, -0.15) is 0 Å². The molecule has 1 aliphatic heterocycles. The quantitative estimate of drug-likeness (QED) is 0.904. The Balaban J connectivity index is 1.95. The van der Waals surface area contributed by atoms with Crippen molar-refractivity contribution in [2.45, 2.75) is 33.2 Å². The zero-order valence-corrected chi connectivity index (χ0v) is 11.8. The van der Waals surface area contributed by atoms with Gasteiger partial charge in [0.2, 0.25) is 0 Å². The van der Waals surface area contributed by atoms with Gasteiger partial charge in [0, 0.05) is 13.1 Å². The lowest BCUT2D eigenvalue weighted by Crippen LogP contribution is -2.36. The Kier molecular flexibility index (Phi) is 4.59. The van der Waals surface area contributed by atoms with E-state index in [0.717, 1.165) is 24.9 Å². The van der Waals surface area contributed by atoms with E-state index in [1.54, 1.807) is 12.1 Å². The fourth-order valence-corrected chi connectivity index (χ4v) is 2.79. The fourth-order valence-electron chi connectivity index (χ4n) is 2.79. The Hall–Kier alpha value is -1.35. The van der Waals surface area contributed by atoms with Crippen LogP contribution in [0.15, 0.2) is 24.3 Å². The SMILES string of the molecule is CC(C)C1CCCN(Cc2ccc(C(=O)O)cc2)C1. The van der Waals surface area contributed by atoms with Crippen molar-refractivity contribution in [1.82, 2.24) is 4.90 Å². The van der Waals surface area contributed by atoms with Crippen molar-refractivity contribution in [3.05, 3.63) is 35.4 Å². The van der Waals surface area contributed by atoms with Gasteiger partial charge in [0.15, 0.2) is 0 Å². The van der Waals surface area contributed by atoms with Crippen LogP contribution in [0.5, 0.6) is 0 Å². The van der Waals surface area contributed by atoms with Crippen LogP contribution < -0.4 is 0 Å². The molecular weight excluding hydrogens is 238 g/mol. The molecule has 0 amide bonds. The molecular formula is C16H23NO2. The van der Waals surface area contributed by atoms with E-state index >= 15 is 0 Å². The molecule has 104 valence electrons. The maximum absolute atomic E-state index is 10.8. The van der Waals surface area contributed by atoms with Crippen LogP contribution in [0.4, 0.5) is 0 Å². The van der Waals surface area contributed by atoms with Crippen molar-refractivity contribution in [3.63, 3.8) is 0 Å². The number of carboxylic acid groups (broad SMARTS) is 1. The van der Waals surface area contributed by atoms with E-state index in [1.807, 2.05) is 12.1 Å². The largest absolute Gasteiger partial charge is 0.478 e. The van der Waals surface area contributed by atoms with E-state index in [1.165, 1.54) is 24.9 Å². The third-order valence-electron chi connectivity index (χ3n) is 4.09. The molecule has 19 heavy (non-hydrogen) atoms. The monoisotopic (exact) mass is 261 g/mol. The molecule has 2 rings (SSSR count). The van der Waals surface area contributed by atoms with Gasteiger partial charge in [0.25, 0.3) is 0 Å². The Morgan fingerprint density at radius 2 is 2.05 bits per heavy atom. The fraction of sp³-hybridized carbons (Fsp3) is 0.562. The van der Waals surface area contributed by atoms with E-state index < -0.39 is 5.97 Å². The summed E-state index contributed by atoms with van der Waals surface area (Å²) in [6.45, 7) is 7.86. The predicted molar refractivity (Wildman–Crippen MR) is 76.2 cm³/mol. The van der Waals surface area contributed by atoms with Crippen LogP contribution in [-0.4, -0.2) is 29.1 Å². The predicted octanol–water partition coefficient (Wildman–Crippen LogP) is 3.25. The van der Waals surface area contributed by atoms with Gasteiger partial charge in [-0.3, -0.25) is 4.90 Å². The van der Waals surface area contributed by atoms with E-state index in [0.29, 0.717) is 5.56 Å². The molecule has 0 saturated carbocycles. The number of benzene rings is 1. The molecule has 3 heteroatoms. The lowest BCUT2D eigenvalue weighted by Gasteiger charge is -2.34. The number of likely N-dealkylation sites (tertiary alicyclic amines) is 1. The number of carbonyl (C=O) groups is 1. The van der Waals surface area contributed by atoms with Crippen LogP contribution >= 0.6 is 0 Å². The van der Waals surface area contributed by atoms with Crippen LogP contribution in [0.1, 0.15) is 42.6 Å². The minimum Gasteiger partial charge on any atom is -0.478 e. The normalized spacial score (nSPS) is 20.7. The van der Waals surface area contributed by atoms with Gasteiger partial charge in [-0.25, -0.2) is 4.79 Å². The molecule has 3 nitrogen and oxygen atoms in total. The lowest BCUT2D eigenvalue weighted by molar-refractivity contribution is 0.0697. The summed E-state index contributed by atoms with van der Waals surface area (Å²) in [4.78, 5) is 13.3. The Bertz CT molecular complexity index is 425. The summed E-state index contributed by atoms with van der Waals surface area (Å²) >= 11 is 0. The number of hydrogen-bond donors (Lipinski definition) is 1. The van der Waals surface area contributed by atoms with Gasteiger partial charge in [-0.05, 0) is 48.9 Å². The lowest BCUT2D eigenvalue weighted by atomic mass is 9.88. The minimum atomic E-state index is -0.857. The van der Waals surface area contributed by atoms with Crippen molar-refractivity contribution >= 4 is 5.97 Å². The van der Waals surface area contributed by atoms with E-state index in [2.05, 4.69) is 18.7 Å². The second-order valence-electron chi connectivity index (χ2n) is 5.88. The highest BCUT2D eigenvalue weighted by Crippen LogP contribution is 2.24. The van der Waals surface area contributed by atoms with Crippen molar-refractivity contribution in [1.29, 1.82) is 0 Å². The molecule has 1 fully saturated rings. The molecule has 1 atom stereocenters. The molecule has 1 heterocycles. The summed E-state index contributed by atoms with van der Waals surface area (Å²) in [5.74, 6) is 0.689. The topological polar surface area (TPSA) is 40.5 Å². The second-order valence-corrected chi connectivity index (χ2v) is 5.88. The molecule has 0 spiro atoms. The Morgan fingerprint density at radius 3 is 2.63 bits per heavy atom. The highest BCUT2D eigenvalue weighted by molar-refractivity contribution is 5.87. The number of nitrogens with zero attached hydrogens (tertiary/aromatic N) is 1. The van der Waals surface area contributed by atoms with Gasteiger partial charge in [0.05, 0.1) is 5.56 Å². The standard InChI is InChI=1S/C16H23NO2/c1-12(2)15-4-3-9-17(11-15)10-13-5-7-14(8-6-13)16(18)19/h5-8,12,15H,3-4,9-11H2,1-2H3,(H,18,19). The summed E-state index contributed by atoms with van der Waals surface area (Å²) in [5, 5.41) is 8.88. The first-order chi connectivity index (χ1) is 9.06. The molecule has 1 aliphatic rings. The highest BCUT2D eigenvalue weighted by Gasteiger charge is 2.22. The summed E-state index contributed by atoms with van der Waals surface area (Å²) in [6.07, 6.45) is 2.61. The summed E-state index contributed by atoms with van der Waals surface area (Å²) in [5.41, 5.74) is 1.57. The maximum atomic E-state index is 10.8. The molecule has 1 N–H and O–H groups in total. The van der Waals surface area contributed by atoms with Crippen molar-refractivity contribution < 1.29 is 9.90 Å². The van der Waals surface area contributed by atoms with Gasteiger partial charge in [0.1, 0.15) is 0 Å². The molecule has 1 aromatic carbocycles. The van der Waals surface area contributed by atoms with Crippen LogP contribution in [0, 0.1) is 11.8 Å². The molecule has 1 unspecified atom stereocenters. The first-order valence-electron chi connectivity index (χ1n) is 7.11. The minimum absolute atomic E-state index is 0.363. The molecule has 0 bridgehead atoms. The molecule has 0 aromatic heterocycles. The number of hydrogen-bond acceptors (Lipinski definition) is 2. The number of aromatic carboxylic acids is 1. The van der Waals surface area contributed by atoms with Gasteiger partial charge >= 0.3 is 5.97 Å². The highest BCUT2D eigenvalue weighted by atomic mass is 16.4. The van der Waals surface area contributed by atoms with Crippen LogP contribution in [-0.2, 0) is 6.54 Å². The van der Waals surface area contributed by atoms with Gasteiger partial charge in [-0.15, -0.1) is 0 Å². The molecule has 1 aromatic rings. The summed E-state index contributed by atoms with van der Waals surface area (Å²) in [6, 6.07) is 7.26. The van der Waals surface area contributed by atoms with Crippen molar-refractivity contribution in [2.24, 2.45) is 11.8 Å². The zero-order valence-electron chi connectivity index (χ0n) is 11.8. The second kappa shape index (κ2) is 6.20. The van der Waals surface area contributed by atoms with Crippen LogP contribution in [0.25, 0.3) is 0 Å². The average Bonchev–Trinajstić information content (AvgIpc) is 2.39. The summed E-state index contributed by atoms with van der Waals surface area (Å²) < 4.78 is 0. The van der Waals surface area contributed by atoms with E-state index in [4.69, 9.17) is 5.11 Å². The average molecular weight is 261 g/mol. The first-order valence-corrected chi connectivity index (χ1v) is 7.11. The smallest absolute Gasteiger partial charge is 0.335 e. The van der Waals surface area contributed by atoms with Gasteiger partial charge in [-0.1, -0.05) is 26.0 Å². The third kappa shape index (κ3) is 3.80. The van der Waals surface area contributed by atoms with Crippen LogP contribution in [0.3, 0.4) is 0 Å². The number of carboxylic acids is 1. The van der Waals surface area contributed by atoms with Crippen LogP contribution in [0.2, 0.25) is 0 Å². The van der Waals surface area contributed by atoms with E-state index in [-0.39, 0.29) is 0 Å². The molecule has 0 aliphatic carbocycles. The molecule has 0 radical (unpaired) electrons. The first kappa shape index (κ1) is 14.1. The Morgan fingerprint density at radius 1 is 1.37 bits per heavy atom. The van der Waals surface area contributed by atoms with Crippen molar-refractivity contribution in [2.75, 3.05) is 13.1 Å². The number of piperidine rings is 1. The molecule has 1 saturated heterocycles. The van der Waals surface area contributed by atoms with Crippen molar-refractivity contribution in [3.8, 4) is 0 Å². The number of rotatable bonds is 4. The zero-order chi connectivity index (χ0) is 13.8. The van der Waals surface area contributed by atoms with E-state index in [9.17, 15) is 4.79 Å². The Labute approximate surface area is 115 Å². The maximum Gasteiger partial charge on any atom is 0.335 e. The summed E-state index contributed by atoms with van der Waals surface area (Å²) in [7, 11) is 0. The third-order valence-corrected chi connectivity index (χ3v) is 4.09.